The molecule has 0 unspecified atom stereocenters. The number of rotatable bonds is 4. The molecule has 0 atom stereocenters. The zero-order chi connectivity index (χ0) is 19.5. The Bertz CT molecular complexity index is 1060. The quantitative estimate of drug-likeness (QED) is 0.554. The molecule has 3 aromatic carbocycles. The first-order valence-corrected chi connectivity index (χ1v) is 8.81. The van der Waals surface area contributed by atoms with E-state index in [9.17, 15) is 9.59 Å². The summed E-state index contributed by atoms with van der Waals surface area (Å²) in [5.74, 6) is -0.716. The van der Waals surface area contributed by atoms with Crippen LogP contribution in [0.15, 0.2) is 103 Å². The van der Waals surface area contributed by atoms with E-state index in [-0.39, 0.29) is 17.4 Å². The van der Waals surface area contributed by atoms with Gasteiger partial charge in [0.2, 0.25) is 5.96 Å². The largest absolute Gasteiger partial charge is 0.289 e. The van der Waals surface area contributed by atoms with Crippen LogP contribution in [0.2, 0.25) is 0 Å². The molecule has 1 saturated heterocycles. The Morgan fingerprint density at radius 2 is 1.18 bits per heavy atom. The van der Waals surface area contributed by atoms with Gasteiger partial charge in [0.25, 0.3) is 5.91 Å². The Morgan fingerprint density at radius 1 is 0.714 bits per heavy atom. The standard InChI is InChI=1S/C23H17N3O2/c24-23-25(18-12-6-2-7-13-18)20(16-21(27)17-10-4-1-5-11-17)22(28)26(23)19-14-8-3-9-15-19/h1-16,24H/b20-16-,24-23?. The van der Waals surface area contributed by atoms with Gasteiger partial charge in [-0.05, 0) is 24.3 Å². The highest BCUT2D eigenvalue weighted by molar-refractivity contribution is 6.36. The van der Waals surface area contributed by atoms with Gasteiger partial charge in [-0.2, -0.15) is 0 Å². The Kier molecular flexibility index (Phi) is 4.56. The number of para-hydroxylation sites is 2. The fourth-order valence-corrected chi connectivity index (χ4v) is 3.11. The summed E-state index contributed by atoms with van der Waals surface area (Å²) in [4.78, 5) is 28.7. The van der Waals surface area contributed by atoms with Crippen LogP contribution < -0.4 is 9.80 Å². The van der Waals surface area contributed by atoms with Crippen molar-refractivity contribution < 1.29 is 9.59 Å². The van der Waals surface area contributed by atoms with E-state index in [2.05, 4.69) is 0 Å². The Balaban J connectivity index is 1.81. The lowest BCUT2D eigenvalue weighted by Gasteiger charge is -2.20. The van der Waals surface area contributed by atoms with Crippen molar-refractivity contribution in [1.82, 2.24) is 0 Å². The van der Waals surface area contributed by atoms with E-state index >= 15 is 0 Å². The molecule has 1 fully saturated rings. The average Bonchev–Trinajstić information content (AvgIpc) is 2.99. The normalized spacial score (nSPS) is 15.4. The summed E-state index contributed by atoms with van der Waals surface area (Å²) >= 11 is 0. The van der Waals surface area contributed by atoms with E-state index in [4.69, 9.17) is 5.41 Å². The highest BCUT2D eigenvalue weighted by Crippen LogP contribution is 2.31. The fourth-order valence-electron chi connectivity index (χ4n) is 3.11. The van der Waals surface area contributed by atoms with Crippen molar-refractivity contribution in [2.45, 2.75) is 0 Å². The molecule has 0 aliphatic carbocycles. The summed E-state index contributed by atoms with van der Waals surface area (Å²) in [6, 6.07) is 26.9. The van der Waals surface area contributed by atoms with E-state index in [1.54, 1.807) is 60.7 Å². The summed E-state index contributed by atoms with van der Waals surface area (Å²) in [7, 11) is 0. The number of benzene rings is 3. The molecule has 0 radical (unpaired) electrons. The van der Waals surface area contributed by atoms with Gasteiger partial charge in [-0.3, -0.25) is 19.9 Å². The molecular weight excluding hydrogens is 350 g/mol. The number of guanidine groups is 1. The lowest BCUT2D eigenvalue weighted by Crippen LogP contribution is -2.33. The predicted molar refractivity (Wildman–Crippen MR) is 109 cm³/mol. The highest BCUT2D eigenvalue weighted by atomic mass is 16.2. The number of carbonyl (C=O) groups is 2. The van der Waals surface area contributed by atoms with E-state index in [0.29, 0.717) is 16.9 Å². The van der Waals surface area contributed by atoms with Gasteiger partial charge in [0, 0.05) is 17.3 Å². The van der Waals surface area contributed by atoms with Crippen molar-refractivity contribution in [2.24, 2.45) is 0 Å². The first-order chi connectivity index (χ1) is 13.7. The Hall–Kier alpha value is -3.99. The number of hydrogen-bond donors (Lipinski definition) is 1. The van der Waals surface area contributed by atoms with Gasteiger partial charge in [0.1, 0.15) is 5.70 Å². The molecule has 4 rings (SSSR count). The molecule has 0 saturated carbocycles. The van der Waals surface area contributed by atoms with Crippen molar-refractivity contribution in [1.29, 1.82) is 5.41 Å². The second-order valence-electron chi connectivity index (χ2n) is 6.23. The molecule has 3 aromatic rings. The maximum atomic E-state index is 13.2. The molecule has 0 bridgehead atoms. The smallest absolute Gasteiger partial charge is 0.282 e. The monoisotopic (exact) mass is 367 g/mol. The van der Waals surface area contributed by atoms with Gasteiger partial charge in [0.15, 0.2) is 5.78 Å². The van der Waals surface area contributed by atoms with Crippen LogP contribution >= 0.6 is 0 Å². The van der Waals surface area contributed by atoms with Gasteiger partial charge >= 0.3 is 0 Å². The second-order valence-corrected chi connectivity index (χ2v) is 6.23. The third-order valence-corrected chi connectivity index (χ3v) is 4.44. The third kappa shape index (κ3) is 3.10. The van der Waals surface area contributed by atoms with E-state index in [1.807, 2.05) is 30.3 Å². The fraction of sp³-hybridized carbons (Fsp3) is 0. The molecule has 0 aromatic heterocycles. The van der Waals surface area contributed by atoms with Gasteiger partial charge in [-0.15, -0.1) is 0 Å². The first-order valence-electron chi connectivity index (χ1n) is 8.81. The SMILES string of the molecule is N=C1N(c2ccccc2)C(=O)/C(=C/C(=O)c2ccccc2)N1c1ccccc1. The Labute approximate surface area is 162 Å². The number of nitrogens with zero attached hydrogens (tertiary/aromatic N) is 2. The Morgan fingerprint density at radius 3 is 1.71 bits per heavy atom. The molecule has 28 heavy (non-hydrogen) atoms. The lowest BCUT2D eigenvalue weighted by atomic mass is 10.1. The number of allylic oxidation sites excluding steroid dienone is 1. The summed E-state index contributed by atoms with van der Waals surface area (Å²) in [6.45, 7) is 0. The van der Waals surface area contributed by atoms with Crippen LogP contribution in [0.3, 0.4) is 0 Å². The molecule has 0 spiro atoms. The lowest BCUT2D eigenvalue weighted by molar-refractivity contribution is -0.113. The van der Waals surface area contributed by atoms with Crippen LogP contribution in [0.25, 0.3) is 0 Å². The van der Waals surface area contributed by atoms with Crippen molar-refractivity contribution in [3.05, 3.63) is 108 Å². The van der Waals surface area contributed by atoms with E-state index < -0.39 is 5.91 Å². The maximum absolute atomic E-state index is 13.2. The predicted octanol–water partition coefficient (Wildman–Crippen LogP) is 4.24. The average molecular weight is 367 g/mol. The first kappa shape index (κ1) is 17.4. The molecule has 1 heterocycles. The van der Waals surface area contributed by atoms with Gasteiger partial charge in [0.05, 0.1) is 5.69 Å². The number of amides is 1. The molecule has 5 heteroatoms. The minimum atomic E-state index is -0.413. The van der Waals surface area contributed by atoms with E-state index in [1.165, 1.54) is 15.9 Å². The molecule has 1 aliphatic heterocycles. The molecule has 1 aliphatic rings. The minimum Gasteiger partial charge on any atom is -0.289 e. The molecule has 136 valence electrons. The highest BCUT2D eigenvalue weighted by Gasteiger charge is 2.40. The number of ketones is 1. The van der Waals surface area contributed by atoms with Crippen LogP contribution in [-0.2, 0) is 4.79 Å². The van der Waals surface area contributed by atoms with Crippen LogP contribution in [0, 0.1) is 5.41 Å². The molecule has 1 amide bonds. The summed E-state index contributed by atoms with van der Waals surface area (Å²) in [5.41, 5.74) is 1.86. The number of anilines is 2. The van der Waals surface area contributed by atoms with Crippen LogP contribution in [-0.4, -0.2) is 17.6 Å². The van der Waals surface area contributed by atoms with Crippen LogP contribution in [0.1, 0.15) is 10.4 Å². The number of hydrogen-bond acceptors (Lipinski definition) is 3. The minimum absolute atomic E-state index is 0.0190. The molecule has 5 nitrogen and oxygen atoms in total. The summed E-state index contributed by atoms with van der Waals surface area (Å²) in [6.07, 6.45) is 1.31. The van der Waals surface area contributed by atoms with Crippen molar-refractivity contribution >= 4 is 29.0 Å². The van der Waals surface area contributed by atoms with Gasteiger partial charge in [-0.1, -0.05) is 66.7 Å². The third-order valence-electron chi connectivity index (χ3n) is 4.44. The zero-order valence-corrected chi connectivity index (χ0v) is 14.9. The van der Waals surface area contributed by atoms with Crippen molar-refractivity contribution in [3.63, 3.8) is 0 Å². The van der Waals surface area contributed by atoms with Crippen LogP contribution in [0.5, 0.6) is 0 Å². The van der Waals surface area contributed by atoms with Crippen molar-refractivity contribution in [2.75, 3.05) is 9.80 Å². The number of carbonyl (C=O) groups excluding carboxylic acids is 2. The van der Waals surface area contributed by atoms with Gasteiger partial charge in [-0.25, -0.2) is 4.90 Å². The molecular formula is C23H17N3O2. The van der Waals surface area contributed by atoms with E-state index in [0.717, 1.165) is 0 Å². The second kappa shape index (κ2) is 7.32. The maximum Gasteiger partial charge on any atom is 0.282 e. The topological polar surface area (TPSA) is 64.5 Å². The van der Waals surface area contributed by atoms with Gasteiger partial charge < -0.3 is 0 Å². The van der Waals surface area contributed by atoms with Crippen molar-refractivity contribution in [3.8, 4) is 0 Å². The summed E-state index contributed by atoms with van der Waals surface area (Å²) in [5, 5.41) is 8.63. The van der Waals surface area contributed by atoms with Crippen LogP contribution in [0.4, 0.5) is 11.4 Å². The number of nitrogens with one attached hydrogen (secondary N) is 1. The zero-order valence-electron chi connectivity index (χ0n) is 14.9. The summed E-state index contributed by atoms with van der Waals surface area (Å²) < 4.78 is 0. The molecule has 1 N–H and O–H groups in total.